The van der Waals surface area contributed by atoms with Crippen molar-refractivity contribution in [3.05, 3.63) is 30.3 Å². The van der Waals surface area contributed by atoms with E-state index in [9.17, 15) is 0 Å². The van der Waals surface area contributed by atoms with Crippen LogP contribution in [0.3, 0.4) is 0 Å². The third-order valence-corrected chi connectivity index (χ3v) is 2.57. The number of aryl methyl sites for hydroxylation is 1. The number of benzene rings is 1. The predicted molar refractivity (Wildman–Crippen MR) is 67.1 cm³/mol. The Hall–Kier alpha value is -2.50. The number of rotatable bonds is 2. The number of fused-ring (bicyclic) bond motifs is 1. The zero-order valence-electron chi connectivity index (χ0n) is 10.0. The van der Waals surface area contributed by atoms with Gasteiger partial charge in [-0.15, -0.1) is 5.10 Å². The smallest absolute Gasteiger partial charge is 0.192 e. The lowest BCUT2D eigenvalue weighted by molar-refractivity contribution is 0.561. The maximum atomic E-state index is 5.48. The van der Waals surface area contributed by atoms with E-state index in [0.717, 1.165) is 16.7 Å². The first-order chi connectivity index (χ1) is 8.76. The minimum atomic E-state index is 0.554. The van der Waals surface area contributed by atoms with Crippen LogP contribution in [0.4, 0.5) is 5.82 Å². The van der Waals surface area contributed by atoms with Crippen molar-refractivity contribution >= 4 is 16.9 Å². The lowest BCUT2D eigenvalue weighted by atomic mass is 10.2. The molecule has 6 heteroatoms. The summed E-state index contributed by atoms with van der Waals surface area (Å²) in [4.78, 5) is 8.57. The molecule has 90 valence electrons. The summed E-state index contributed by atoms with van der Waals surface area (Å²) in [5.74, 6) is 1.87. The molecule has 0 atom stereocenters. The van der Waals surface area contributed by atoms with E-state index in [1.54, 1.807) is 13.2 Å². The fourth-order valence-electron chi connectivity index (χ4n) is 1.73. The molecule has 3 rings (SSSR count). The van der Waals surface area contributed by atoms with Gasteiger partial charge in [-0.2, -0.15) is 5.10 Å². The van der Waals surface area contributed by atoms with Crippen molar-refractivity contribution in [2.45, 2.75) is 6.92 Å². The third kappa shape index (κ3) is 1.77. The molecule has 0 bridgehead atoms. The second kappa shape index (κ2) is 4.06. The van der Waals surface area contributed by atoms with Gasteiger partial charge in [0.2, 0.25) is 0 Å². The first-order valence-electron chi connectivity index (χ1n) is 5.51. The van der Waals surface area contributed by atoms with Gasteiger partial charge >= 0.3 is 0 Å². The van der Waals surface area contributed by atoms with Crippen molar-refractivity contribution in [2.75, 3.05) is 12.4 Å². The van der Waals surface area contributed by atoms with Crippen LogP contribution in [0.25, 0.3) is 22.5 Å². The zero-order chi connectivity index (χ0) is 12.5. The van der Waals surface area contributed by atoms with Gasteiger partial charge in [0.25, 0.3) is 0 Å². The maximum absolute atomic E-state index is 5.48. The van der Waals surface area contributed by atoms with Crippen molar-refractivity contribution in [2.24, 2.45) is 0 Å². The van der Waals surface area contributed by atoms with Gasteiger partial charge in [-0.25, -0.2) is 9.97 Å². The molecule has 0 aliphatic rings. The molecule has 0 spiro atoms. The molecule has 2 aromatic heterocycles. The Morgan fingerprint density at radius 3 is 2.94 bits per heavy atom. The number of nitrogens with one attached hydrogen (secondary N) is 1. The van der Waals surface area contributed by atoms with Gasteiger partial charge in [0.15, 0.2) is 17.3 Å². The Labute approximate surface area is 103 Å². The van der Waals surface area contributed by atoms with E-state index >= 15 is 0 Å². The summed E-state index contributed by atoms with van der Waals surface area (Å²) >= 11 is 0. The average molecular weight is 241 g/mol. The molecule has 1 aromatic carbocycles. The fourth-order valence-corrected chi connectivity index (χ4v) is 1.73. The van der Waals surface area contributed by atoms with Crippen molar-refractivity contribution in [3.8, 4) is 11.4 Å². The lowest BCUT2D eigenvalue weighted by Crippen LogP contribution is -1.98. The van der Waals surface area contributed by atoms with E-state index in [-0.39, 0.29) is 0 Å². The molecule has 0 radical (unpaired) electrons. The molecule has 3 aromatic rings. The van der Waals surface area contributed by atoms with Crippen LogP contribution in [-0.2, 0) is 0 Å². The average Bonchev–Trinajstić information content (AvgIpc) is 2.77. The Kier molecular flexibility index (Phi) is 2.40. The fraction of sp³-hybridized carbons (Fsp3) is 0.167. The standard InChI is InChI=1S/C12H11N5O/c1-7-15-9-4-3-8(5-10(9)18-7)12-16-11(13-2)6-14-17-12/h3-6H,1-2H3,(H,13,16,17). The third-order valence-electron chi connectivity index (χ3n) is 2.57. The largest absolute Gasteiger partial charge is 0.441 e. The Morgan fingerprint density at radius 1 is 1.22 bits per heavy atom. The molecule has 0 saturated carbocycles. The van der Waals surface area contributed by atoms with Gasteiger partial charge in [0, 0.05) is 19.5 Å². The number of anilines is 1. The SMILES string of the molecule is CNc1cnnc(-c2ccc3nc(C)oc3c2)n1. The lowest BCUT2D eigenvalue weighted by Gasteiger charge is -2.01. The van der Waals surface area contributed by atoms with Crippen LogP contribution in [-0.4, -0.2) is 27.2 Å². The van der Waals surface area contributed by atoms with Gasteiger partial charge in [0.1, 0.15) is 11.3 Å². The van der Waals surface area contributed by atoms with Crippen LogP contribution in [0.15, 0.2) is 28.8 Å². The number of hydrogen-bond donors (Lipinski definition) is 1. The van der Waals surface area contributed by atoms with Gasteiger partial charge < -0.3 is 9.73 Å². The Morgan fingerprint density at radius 2 is 2.11 bits per heavy atom. The molecular weight excluding hydrogens is 230 g/mol. The zero-order valence-corrected chi connectivity index (χ0v) is 10.0. The van der Waals surface area contributed by atoms with Gasteiger partial charge in [0.05, 0.1) is 6.20 Å². The van der Waals surface area contributed by atoms with E-state index in [4.69, 9.17) is 4.42 Å². The monoisotopic (exact) mass is 241 g/mol. The normalized spacial score (nSPS) is 10.8. The molecule has 0 saturated heterocycles. The van der Waals surface area contributed by atoms with Gasteiger partial charge in [-0.05, 0) is 18.2 Å². The first-order valence-corrected chi connectivity index (χ1v) is 5.51. The topological polar surface area (TPSA) is 76.7 Å². The molecule has 18 heavy (non-hydrogen) atoms. The van der Waals surface area contributed by atoms with Gasteiger partial charge in [-0.1, -0.05) is 0 Å². The summed E-state index contributed by atoms with van der Waals surface area (Å²) in [7, 11) is 1.79. The van der Waals surface area contributed by atoms with Crippen molar-refractivity contribution in [1.29, 1.82) is 0 Å². The second-order valence-electron chi connectivity index (χ2n) is 3.83. The Bertz CT molecular complexity index is 707. The molecule has 1 N–H and O–H groups in total. The predicted octanol–water partition coefficient (Wildman–Crippen LogP) is 2.03. The first kappa shape index (κ1) is 10.6. The molecule has 6 nitrogen and oxygen atoms in total. The maximum Gasteiger partial charge on any atom is 0.192 e. The van der Waals surface area contributed by atoms with E-state index in [1.807, 2.05) is 25.1 Å². The van der Waals surface area contributed by atoms with Gasteiger partial charge in [-0.3, -0.25) is 0 Å². The molecule has 0 unspecified atom stereocenters. The number of hydrogen-bond acceptors (Lipinski definition) is 6. The van der Waals surface area contributed by atoms with Crippen LogP contribution < -0.4 is 5.32 Å². The minimum Gasteiger partial charge on any atom is -0.441 e. The number of oxazole rings is 1. The van der Waals surface area contributed by atoms with Crippen molar-refractivity contribution in [1.82, 2.24) is 20.2 Å². The van der Waals surface area contributed by atoms with Crippen LogP contribution in [0, 0.1) is 6.92 Å². The molecule has 0 aliphatic carbocycles. The van der Waals surface area contributed by atoms with E-state index in [2.05, 4.69) is 25.5 Å². The highest BCUT2D eigenvalue weighted by Gasteiger charge is 2.07. The Balaban J connectivity index is 2.12. The summed E-state index contributed by atoms with van der Waals surface area (Å²) in [6.45, 7) is 1.82. The van der Waals surface area contributed by atoms with Crippen LogP contribution in [0.1, 0.15) is 5.89 Å². The minimum absolute atomic E-state index is 0.554. The molecule has 0 amide bonds. The van der Waals surface area contributed by atoms with Crippen LogP contribution >= 0.6 is 0 Å². The summed E-state index contributed by atoms with van der Waals surface area (Å²) in [6, 6.07) is 5.66. The number of aromatic nitrogens is 4. The van der Waals surface area contributed by atoms with E-state index < -0.39 is 0 Å². The molecular formula is C12H11N5O. The van der Waals surface area contributed by atoms with E-state index in [1.165, 1.54) is 0 Å². The van der Waals surface area contributed by atoms with Crippen LogP contribution in [0.2, 0.25) is 0 Å². The van der Waals surface area contributed by atoms with Crippen molar-refractivity contribution < 1.29 is 4.42 Å². The highest BCUT2D eigenvalue weighted by atomic mass is 16.3. The molecule has 0 aliphatic heterocycles. The summed E-state index contributed by atoms with van der Waals surface area (Å²) < 4.78 is 5.48. The van der Waals surface area contributed by atoms with Crippen LogP contribution in [0.5, 0.6) is 0 Å². The molecule has 2 heterocycles. The van der Waals surface area contributed by atoms with Crippen molar-refractivity contribution in [3.63, 3.8) is 0 Å². The second-order valence-corrected chi connectivity index (χ2v) is 3.83. The van der Waals surface area contributed by atoms with E-state index in [0.29, 0.717) is 17.5 Å². The summed E-state index contributed by atoms with van der Waals surface area (Å²) in [5.41, 5.74) is 2.40. The number of nitrogens with zero attached hydrogens (tertiary/aromatic N) is 4. The highest BCUT2D eigenvalue weighted by molar-refractivity contribution is 5.78. The summed E-state index contributed by atoms with van der Waals surface area (Å²) in [6.07, 6.45) is 1.57. The quantitative estimate of drug-likeness (QED) is 0.739. The highest BCUT2D eigenvalue weighted by Crippen LogP contribution is 2.22. The molecule has 0 fully saturated rings. The summed E-state index contributed by atoms with van der Waals surface area (Å²) in [5, 5.41) is 10.8.